The number of nitriles is 1. The molecule has 1 rings (SSSR count). The summed E-state index contributed by atoms with van der Waals surface area (Å²) in [7, 11) is 0. The van der Waals surface area contributed by atoms with Gasteiger partial charge in [-0.15, -0.1) is 0 Å². The van der Waals surface area contributed by atoms with Gasteiger partial charge in [0.05, 0.1) is 11.5 Å². The molecule has 0 aliphatic carbocycles. The summed E-state index contributed by atoms with van der Waals surface area (Å²) in [6.07, 6.45) is 0.780. The normalized spacial score (nSPS) is 13.1. The maximum absolute atomic E-state index is 13.4. The average Bonchev–Trinajstić information content (AvgIpc) is 2.32. The Labute approximate surface area is 109 Å². The zero-order valence-corrected chi connectivity index (χ0v) is 11.5. The van der Waals surface area contributed by atoms with E-state index in [1.54, 1.807) is 19.1 Å². The van der Waals surface area contributed by atoms with E-state index in [4.69, 9.17) is 5.26 Å². The van der Waals surface area contributed by atoms with Gasteiger partial charge in [0.25, 0.3) is 0 Å². The summed E-state index contributed by atoms with van der Waals surface area (Å²) in [5.41, 5.74) is 1.29. The van der Waals surface area contributed by atoms with Gasteiger partial charge in [0.2, 0.25) is 0 Å². The van der Waals surface area contributed by atoms with Gasteiger partial charge in [-0.1, -0.05) is 12.1 Å². The van der Waals surface area contributed by atoms with Gasteiger partial charge in [0.1, 0.15) is 5.82 Å². The van der Waals surface area contributed by atoms with E-state index in [1.165, 1.54) is 0 Å². The number of rotatable bonds is 5. The molecule has 0 aliphatic heterocycles. The first-order valence-electron chi connectivity index (χ1n) is 6.26. The van der Waals surface area contributed by atoms with Crippen LogP contribution in [0.2, 0.25) is 0 Å². The maximum Gasteiger partial charge on any atom is 0.126 e. The van der Waals surface area contributed by atoms with Crippen molar-refractivity contribution in [2.24, 2.45) is 5.41 Å². The van der Waals surface area contributed by atoms with Gasteiger partial charge in [0, 0.05) is 6.04 Å². The number of nitrogens with one attached hydrogen (secondary N) is 1. The van der Waals surface area contributed by atoms with E-state index in [1.807, 2.05) is 26.8 Å². The largest absolute Gasteiger partial charge is 0.310 e. The van der Waals surface area contributed by atoms with E-state index in [9.17, 15) is 4.39 Å². The fourth-order valence-corrected chi connectivity index (χ4v) is 1.65. The molecule has 0 aliphatic rings. The third kappa shape index (κ3) is 4.12. The Kier molecular flexibility index (Phi) is 4.86. The third-order valence-electron chi connectivity index (χ3n) is 3.20. The van der Waals surface area contributed by atoms with Crippen LogP contribution in [0, 0.1) is 29.5 Å². The third-order valence-corrected chi connectivity index (χ3v) is 3.20. The summed E-state index contributed by atoms with van der Waals surface area (Å²) in [4.78, 5) is 0. The molecule has 18 heavy (non-hydrogen) atoms. The van der Waals surface area contributed by atoms with Crippen molar-refractivity contribution < 1.29 is 4.39 Å². The molecule has 1 aromatic carbocycles. The van der Waals surface area contributed by atoms with E-state index >= 15 is 0 Å². The van der Waals surface area contributed by atoms with Crippen LogP contribution in [0.1, 0.15) is 44.4 Å². The first kappa shape index (κ1) is 14.7. The Balaban J connectivity index is 2.53. The lowest BCUT2D eigenvalue weighted by atomic mass is 9.91. The van der Waals surface area contributed by atoms with Gasteiger partial charge in [-0.25, -0.2) is 4.39 Å². The number of hydrogen-bond donors (Lipinski definition) is 1. The summed E-state index contributed by atoms with van der Waals surface area (Å²) in [6, 6.07) is 7.67. The summed E-state index contributed by atoms with van der Waals surface area (Å²) in [6.45, 7) is 8.35. The minimum atomic E-state index is -0.314. The highest BCUT2D eigenvalue weighted by molar-refractivity contribution is 5.25. The summed E-state index contributed by atoms with van der Waals surface area (Å²) >= 11 is 0. The van der Waals surface area contributed by atoms with Crippen molar-refractivity contribution in [3.05, 3.63) is 35.1 Å². The second kappa shape index (κ2) is 5.97. The van der Waals surface area contributed by atoms with Crippen molar-refractivity contribution in [1.29, 1.82) is 5.26 Å². The SMILES string of the molecule is Cc1ccc(C(C)NCCC(C)(C)C#N)cc1F. The summed E-state index contributed by atoms with van der Waals surface area (Å²) < 4.78 is 13.4. The van der Waals surface area contributed by atoms with E-state index in [0.717, 1.165) is 18.5 Å². The zero-order valence-electron chi connectivity index (χ0n) is 11.5. The average molecular weight is 248 g/mol. The fraction of sp³-hybridized carbons (Fsp3) is 0.533. The highest BCUT2D eigenvalue weighted by atomic mass is 19.1. The van der Waals surface area contributed by atoms with Crippen LogP contribution in [-0.2, 0) is 0 Å². The van der Waals surface area contributed by atoms with Crippen molar-refractivity contribution in [3.63, 3.8) is 0 Å². The summed E-state index contributed by atoms with van der Waals surface area (Å²) in [5, 5.41) is 12.2. The quantitative estimate of drug-likeness (QED) is 0.862. The summed E-state index contributed by atoms with van der Waals surface area (Å²) in [5.74, 6) is -0.168. The van der Waals surface area contributed by atoms with Crippen LogP contribution in [0.5, 0.6) is 0 Å². The Morgan fingerprint density at radius 3 is 2.67 bits per heavy atom. The van der Waals surface area contributed by atoms with Gasteiger partial charge >= 0.3 is 0 Å². The zero-order chi connectivity index (χ0) is 13.8. The van der Waals surface area contributed by atoms with Gasteiger partial charge in [0.15, 0.2) is 0 Å². The van der Waals surface area contributed by atoms with E-state index in [0.29, 0.717) is 5.56 Å². The van der Waals surface area contributed by atoms with Crippen LogP contribution in [0.3, 0.4) is 0 Å². The van der Waals surface area contributed by atoms with Crippen molar-refractivity contribution in [2.75, 3.05) is 6.54 Å². The van der Waals surface area contributed by atoms with E-state index in [-0.39, 0.29) is 17.3 Å². The van der Waals surface area contributed by atoms with Crippen LogP contribution in [0.25, 0.3) is 0 Å². The second-order valence-electron chi connectivity index (χ2n) is 5.43. The van der Waals surface area contributed by atoms with Crippen LogP contribution in [0.4, 0.5) is 4.39 Å². The molecular formula is C15H21FN2. The molecule has 1 aromatic rings. The van der Waals surface area contributed by atoms with Gasteiger partial charge in [-0.3, -0.25) is 0 Å². The predicted molar refractivity (Wildman–Crippen MR) is 71.6 cm³/mol. The van der Waals surface area contributed by atoms with Gasteiger partial charge in [-0.2, -0.15) is 5.26 Å². The highest BCUT2D eigenvalue weighted by Gasteiger charge is 2.16. The van der Waals surface area contributed by atoms with Gasteiger partial charge < -0.3 is 5.32 Å². The molecule has 0 amide bonds. The smallest absolute Gasteiger partial charge is 0.126 e. The lowest BCUT2D eigenvalue weighted by Crippen LogP contribution is -2.24. The lowest BCUT2D eigenvalue weighted by molar-refractivity contribution is 0.416. The van der Waals surface area contributed by atoms with Crippen molar-refractivity contribution in [1.82, 2.24) is 5.32 Å². The predicted octanol–water partition coefficient (Wildman–Crippen LogP) is 3.72. The molecule has 1 unspecified atom stereocenters. The second-order valence-corrected chi connectivity index (χ2v) is 5.43. The minimum absolute atomic E-state index is 0.0922. The fourth-order valence-electron chi connectivity index (χ4n) is 1.65. The molecule has 1 atom stereocenters. The molecule has 0 bridgehead atoms. The molecule has 0 saturated heterocycles. The molecule has 0 spiro atoms. The lowest BCUT2D eigenvalue weighted by Gasteiger charge is -2.19. The first-order valence-corrected chi connectivity index (χ1v) is 6.26. The van der Waals surface area contributed by atoms with Gasteiger partial charge in [-0.05, 0) is 57.9 Å². The topological polar surface area (TPSA) is 35.8 Å². The Morgan fingerprint density at radius 2 is 2.11 bits per heavy atom. The van der Waals surface area contributed by atoms with E-state index < -0.39 is 0 Å². The number of aryl methyl sites for hydroxylation is 1. The molecule has 0 radical (unpaired) electrons. The number of benzene rings is 1. The maximum atomic E-state index is 13.4. The highest BCUT2D eigenvalue weighted by Crippen LogP contribution is 2.19. The van der Waals surface area contributed by atoms with Crippen LogP contribution >= 0.6 is 0 Å². The molecule has 2 nitrogen and oxygen atoms in total. The molecule has 0 saturated carbocycles. The molecular weight excluding hydrogens is 227 g/mol. The molecule has 0 fully saturated rings. The Hall–Kier alpha value is -1.40. The standard InChI is InChI=1S/C15H21FN2/c1-11-5-6-13(9-14(11)16)12(2)18-8-7-15(3,4)10-17/h5-6,9,12,18H,7-8H2,1-4H3. The molecule has 1 N–H and O–H groups in total. The molecule has 98 valence electrons. The van der Waals surface area contributed by atoms with Crippen molar-refractivity contribution in [3.8, 4) is 6.07 Å². The number of nitrogens with zero attached hydrogens (tertiary/aromatic N) is 1. The van der Waals surface area contributed by atoms with Crippen molar-refractivity contribution in [2.45, 2.75) is 40.2 Å². The number of halogens is 1. The molecule has 0 heterocycles. The Morgan fingerprint density at radius 1 is 1.44 bits per heavy atom. The van der Waals surface area contributed by atoms with Crippen LogP contribution in [-0.4, -0.2) is 6.54 Å². The minimum Gasteiger partial charge on any atom is -0.310 e. The monoisotopic (exact) mass is 248 g/mol. The van der Waals surface area contributed by atoms with Crippen LogP contribution < -0.4 is 5.32 Å². The van der Waals surface area contributed by atoms with E-state index in [2.05, 4.69) is 11.4 Å². The first-order chi connectivity index (χ1) is 8.35. The van der Waals surface area contributed by atoms with Crippen molar-refractivity contribution >= 4 is 0 Å². The molecule has 3 heteroatoms. The Bertz CT molecular complexity index is 446. The van der Waals surface area contributed by atoms with Crippen LogP contribution in [0.15, 0.2) is 18.2 Å². The number of hydrogen-bond acceptors (Lipinski definition) is 2. The molecule has 0 aromatic heterocycles.